The second kappa shape index (κ2) is 5.38. The van der Waals surface area contributed by atoms with Crippen LogP contribution in [-0.2, 0) is 0 Å². The van der Waals surface area contributed by atoms with Gasteiger partial charge in [-0.1, -0.05) is 21.1 Å². The first-order valence-electron chi connectivity index (χ1n) is 6.24. The van der Waals surface area contributed by atoms with Crippen LogP contribution in [0, 0.1) is 5.82 Å². The molecule has 0 spiro atoms. The Morgan fingerprint density at radius 2 is 2.11 bits per heavy atom. The summed E-state index contributed by atoms with van der Waals surface area (Å²) in [6.45, 7) is 1.92. The maximum Gasteiger partial charge on any atom is 0.260 e. The zero-order chi connectivity index (χ0) is 13.2. The van der Waals surface area contributed by atoms with E-state index in [1.165, 1.54) is 6.07 Å². The topological polar surface area (TPSA) is 51.0 Å². The summed E-state index contributed by atoms with van der Waals surface area (Å²) >= 11 is 3.31. The van der Waals surface area contributed by atoms with E-state index in [0.29, 0.717) is 17.3 Å². The minimum atomic E-state index is -0.358. The number of piperidine rings is 1. The lowest BCUT2D eigenvalue weighted by atomic mass is 9.98. The second-order valence-corrected chi connectivity index (χ2v) is 5.52. The highest BCUT2D eigenvalue weighted by atomic mass is 79.9. The van der Waals surface area contributed by atoms with E-state index in [2.05, 4.69) is 31.4 Å². The van der Waals surface area contributed by atoms with Gasteiger partial charge in [0.25, 0.3) is 5.89 Å². The van der Waals surface area contributed by atoms with Crippen molar-refractivity contribution in [3.8, 4) is 11.5 Å². The zero-order valence-electron chi connectivity index (χ0n) is 10.2. The smallest absolute Gasteiger partial charge is 0.260 e. The first-order valence-corrected chi connectivity index (χ1v) is 7.03. The van der Waals surface area contributed by atoms with Crippen LogP contribution in [0.3, 0.4) is 0 Å². The molecule has 1 N–H and O–H groups in total. The SMILES string of the molecule is Fc1ccc(Br)cc1-c1nc(C2CCNCC2)no1. The molecule has 1 saturated heterocycles. The predicted molar refractivity (Wildman–Crippen MR) is 72.2 cm³/mol. The highest BCUT2D eigenvalue weighted by molar-refractivity contribution is 9.10. The van der Waals surface area contributed by atoms with Gasteiger partial charge in [0.05, 0.1) is 5.56 Å². The zero-order valence-corrected chi connectivity index (χ0v) is 11.8. The summed E-state index contributed by atoms with van der Waals surface area (Å²) in [7, 11) is 0. The monoisotopic (exact) mass is 325 g/mol. The van der Waals surface area contributed by atoms with Crippen LogP contribution in [-0.4, -0.2) is 23.2 Å². The molecule has 1 aliphatic rings. The molecule has 0 amide bonds. The summed E-state index contributed by atoms with van der Waals surface area (Å²) in [6, 6.07) is 4.67. The molecule has 19 heavy (non-hydrogen) atoms. The number of benzene rings is 1. The summed E-state index contributed by atoms with van der Waals surface area (Å²) in [5, 5.41) is 7.28. The Morgan fingerprint density at radius 1 is 1.32 bits per heavy atom. The molecule has 0 bridgehead atoms. The van der Waals surface area contributed by atoms with Crippen LogP contribution in [0.4, 0.5) is 4.39 Å². The number of halogens is 2. The van der Waals surface area contributed by atoms with Crippen molar-refractivity contribution in [1.29, 1.82) is 0 Å². The molecule has 0 aliphatic carbocycles. The lowest BCUT2D eigenvalue weighted by molar-refractivity contribution is 0.391. The Labute approximate surface area is 118 Å². The third-order valence-corrected chi connectivity index (χ3v) is 3.80. The van der Waals surface area contributed by atoms with Gasteiger partial charge in [0, 0.05) is 10.4 Å². The van der Waals surface area contributed by atoms with Crippen molar-refractivity contribution in [2.75, 3.05) is 13.1 Å². The number of rotatable bonds is 2. The van der Waals surface area contributed by atoms with Gasteiger partial charge >= 0.3 is 0 Å². The number of hydrogen-bond acceptors (Lipinski definition) is 4. The third-order valence-electron chi connectivity index (χ3n) is 3.30. The first kappa shape index (κ1) is 12.7. The van der Waals surface area contributed by atoms with E-state index < -0.39 is 0 Å². The van der Waals surface area contributed by atoms with E-state index in [-0.39, 0.29) is 11.7 Å². The van der Waals surface area contributed by atoms with Gasteiger partial charge in [-0.3, -0.25) is 0 Å². The van der Waals surface area contributed by atoms with Crippen molar-refractivity contribution in [2.24, 2.45) is 0 Å². The second-order valence-electron chi connectivity index (χ2n) is 4.61. The Bertz CT molecular complexity index is 581. The van der Waals surface area contributed by atoms with E-state index in [9.17, 15) is 4.39 Å². The van der Waals surface area contributed by atoms with Crippen LogP contribution in [0.1, 0.15) is 24.6 Å². The fraction of sp³-hybridized carbons (Fsp3) is 0.385. The van der Waals surface area contributed by atoms with Crippen molar-refractivity contribution in [2.45, 2.75) is 18.8 Å². The fourth-order valence-corrected chi connectivity index (χ4v) is 2.61. The van der Waals surface area contributed by atoms with E-state index in [1.54, 1.807) is 12.1 Å². The molecule has 1 aromatic heterocycles. The molecule has 0 saturated carbocycles. The lowest BCUT2D eigenvalue weighted by Gasteiger charge is -2.18. The van der Waals surface area contributed by atoms with Crippen molar-refractivity contribution in [3.63, 3.8) is 0 Å². The number of aromatic nitrogens is 2. The number of nitrogens with zero attached hydrogens (tertiary/aromatic N) is 2. The average molecular weight is 326 g/mol. The maximum atomic E-state index is 13.7. The van der Waals surface area contributed by atoms with Crippen molar-refractivity contribution in [1.82, 2.24) is 15.5 Å². The molecule has 0 atom stereocenters. The third kappa shape index (κ3) is 2.69. The van der Waals surface area contributed by atoms with E-state index in [4.69, 9.17) is 4.52 Å². The lowest BCUT2D eigenvalue weighted by Crippen LogP contribution is -2.27. The van der Waals surface area contributed by atoms with E-state index in [1.807, 2.05) is 0 Å². The molecular formula is C13H13BrFN3O. The van der Waals surface area contributed by atoms with E-state index >= 15 is 0 Å². The molecule has 1 aliphatic heterocycles. The summed E-state index contributed by atoms with van der Waals surface area (Å²) in [6.07, 6.45) is 1.97. The van der Waals surface area contributed by atoms with Crippen LogP contribution in [0.25, 0.3) is 11.5 Å². The average Bonchev–Trinajstić information content (AvgIpc) is 2.92. The Kier molecular flexibility index (Phi) is 3.61. The first-order chi connectivity index (χ1) is 9.24. The number of hydrogen-bond donors (Lipinski definition) is 1. The standard InChI is InChI=1S/C13H13BrFN3O/c14-9-1-2-11(15)10(7-9)13-17-12(18-19-13)8-3-5-16-6-4-8/h1-2,7-8,16H,3-6H2. The van der Waals surface area contributed by atoms with Gasteiger partial charge in [0.15, 0.2) is 5.82 Å². The van der Waals surface area contributed by atoms with Gasteiger partial charge in [0.1, 0.15) is 5.82 Å². The maximum absolute atomic E-state index is 13.7. The molecular weight excluding hydrogens is 313 g/mol. The Balaban J connectivity index is 1.89. The molecule has 3 rings (SSSR count). The normalized spacial score (nSPS) is 16.7. The summed E-state index contributed by atoms with van der Waals surface area (Å²) < 4.78 is 19.7. The Hall–Kier alpha value is -1.27. The molecule has 2 heterocycles. The van der Waals surface area contributed by atoms with E-state index in [0.717, 1.165) is 30.4 Å². The molecule has 0 radical (unpaired) electrons. The van der Waals surface area contributed by atoms with Crippen LogP contribution in [0.2, 0.25) is 0 Å². The predicted octanol–water partition coefficient (Wildman–Crippen LogP) is 3.11. The highest BCUT2D eigenvalue weighted by Gasteiger charge is 2.22. The van der Waals surface area contributed by atoms with Crippen LogP contribution in [0.5, 0.6) is 0 Å². The van der Waals surface area contributed by atoms with Crippen molar-refractivity contribution >= 4 is 15.9 Å². The molecule has 6 heteroatoms. The minimum absolute atomic E-state index is 0.243. The minimum Gasteiger partial charge on any atom is -0.334 e. The molecule has 0 unspecified atom stereocenters. The molecule has 4 nitrogen and oxygen atoms in total. The van der Waals surface area contributed by atoms with Crippen LogP contribution in [0.15, 0.2) is 27.2 Å². The molecule has 1 fully saturated rings. The fourth-order valence-electron chi connectivity index (χ4n) is 2.25. The van der Waals surface area contributed by atoms with Crippen molar-refractivity contribution < 1.29 is 8.91 Å². The highest BCUT2D eigenvalue weighted by Crippen LogP contribution is 2.28. The molecule has 2 aromatic rings. The van der Waals surface area contributed by atoms with Gasteiger partial charge in [-0.05, 0) is 44.1 Å². The van der Waals surface area contributed by atoms with Crippen LogP contribution < -0.4 is 5.32 Å². The van der Waals surface area contributed by atoms with Gasteiger partial charge in [0.2, 0.25) is 0 Å². The van der Waals surface area contributed by atoms with Gasteiger partial charge < -0.3 is 9.84 Å². The summed E-state index contributed by atoms with van der Waals surface area (Å²) in [4.78, 5) is 4.34. The number of nitrogens with one attached hydrogen (secondary N) is 1. The van der Waals surface area contributed by atoms with Crippen LogP contribution >= 0.6 is 15.9 Å². The Morgan fingerprint density at radius 3 is 2.89 bits per heavy atom. The largest absolute Gasteiger partial charge is 0.334 e. The van der Waals surface area contributed by atoms with Gasteiger partial charge in [-0.15, -0.1) is 0 Å². The van der Waals surface area contributed by atoms with Crippen molar-refractivity contribution in [3.05, 3.63) is 34.3 Å². The summed E-state index contributed by atoms with van der Waals surface area (Å²) in [5.74, 6) is 0.862. The van der Waals surface area contributed by atoms with Gasteiger partial charge in [-0.25, -0.2) is 4.39 Å². The quantitative estimate of drug-likeness (QED) is 0.921. The summed E-state index contributed by atoms with van der Waals surface area (Å²) in [5.41, 5.74) is 0.335. The molecule has 1 aromatic carbocycles. The molecule has 100 valence electrons. The van der Waals surface area contributed by atoms with Gasteiger partial charge in [-0.2, -0.15) is 4.98 Å².